The van der Waals surface area contributed by atoms with Gasteiger partial charge in [0, 0.05) is 6.42 Å². The van der Waals surface area contributed by atoms with Crippen molar-refractivity contribution < 1.29 is 8.42 Å². The standard InChI is InChI=1S/C29H37N5O2S/c1-21-15-17-24(18-16-21)34(37(35,36)25-12-8-6-9-13-25)28-22(19-23-20-26(28)29(23,2)3)11-7-4-5-10-14-27-30-32-33-31-27/h4,6-9,12-13,15-18,22-23,26,28H,5,10-11,14,19-20H2,1-3H3,(H,30,31,32,33)/t22-,23-,26+,28+/m0/s1. The van der Waals surface area contributed by atoms with Gasteiger partial charge in [0.1, 0.15) is 0 Å². The summed E-state index contributed by atoms with van der Waals surface area (Å²) in [5.74, 6) is 1.97. The lowest BCUT2D eigenvalue weighted by molar-refractivity contribution is -0.102. The predicted octanol–water partition coefficient (Wildman–Crippen LogP) is 5.72. The minimum Gasteiger partial charge on any atom is -0.263 e. The van der Waals surface area contributed by atoms with Crippen LogP contribution < -0.4 is 4.31 Å². The molecule has 0 unspecified atom stereocenters. The first kappa shape index (κ1) is 25.6. The molecule has 1 heterocycles. The van der Waals surface area contributed by atoms with Crippen LogP contribution in [0, 0.1) is 30.1 Å². The molecule has 0 aliphatic heterocycles. The average Bonchev–Trinajstić information content (AvgIpc) is 3.42. The number of unbranched alkanes of at least 4 members (excludes halogenated alkanes) is 1. The zero-order chi connectivity index (χ0) is 26.0. The van der Waals surface area contributed by atoms with Crippen LogP contribution in [0.4, 0.5) is 5.69 Å². The monoisotopic (exact) mass is 519 g/mol. The Kier molecular flexibility index (Phi) is 7.21. The second-order valence-corrected chi connectivity index (χ2v) is 13.0. The van der Waals surface area contributed by atoms with Crippen LogP contribution in [0.3, 0.4) is 0 Å². The summed E-state index contributed by atoms with van der Waals surface area (Å²) in [4.78, 5) is 0.352. The molecule has 1 N–H and O–H groups in total. The quantitative estimate of drug-likeness (QED) is 0.273. The Morgan fingerprint density at radius 1 is 1.05 bits per heavy atom. The number of fused-ring (bicyclic) bond motifs is 2. The predicted molar refractivity (Wildman–Crippen MR) is 145 cm³/mol. The third-order valence-electron chi connectivity index (χ3n) is 8.65. The highest BCUT2D eigenvalue weighted by Gasteiger charge is 2.60. The summed E-state index contributed by atoms with van der Waals surface area (Å²) in [5, 5.41) is 14.1. The minimum absolute atomic E-state index is 0.0862. The zero-order valence-corrected chi connectivity index (χ0v) is 22.7. The van der Waals surface area contributed by atoms with Gasteiger partial charge in [-0.3, -0.25) is 4.31 Å². The van der Waals surface area contributed by atoms with Gasteiger partial charge in [0.05, 0.1) is 16.6 Å². The number of aromatic amines is 1. The molecule has 0 saturated heterocycles. The third kappa shape index (κ3) is 5.08. The van der Waals surface area contributed by atoms with E-state index in [0.29, 0.717) is 16.7 Å². The molecule has 8 heteroatoms. The second kappa shape index (κ2) is 10.4. The highest BCUT2D eigenvalue weighted by Crippen LogP contribution is 2.63. The number of sulfonamides is 1. The normalized spacial score (nSPS) is 24.6. The Labute approximate surface area is 220 Å². The Balaban J connectivity index is 1.43. The van der Waals surface area contributed by atoms with Crippen LogP contribution in [-0.4, -0.2) is 35.1 Å². The largest absolute Gasteiger partial charge is 0.264 e. The first-order chi connectivity index (χ1) is 17.8. The fourth-order valence-corrected chi connectivity index (χ4v) is 8.15. The van der Waals surface area contributed by atoms with Crippen molar-refractivity contribution in [3.63, 3.8) is 0 Å². The van der Waals surface area contributed by atoms with Crippen LogP contribution in [0.15, 0.2) is 71.6 Å². The van der Waals surface area contributed by atoms with E-state index >= 15 is 0 Å². The zero-order valence-electron chi connectivity index (χ0n) is 21.9. The van der Waals surface area contributed by atoms with Crippen molar-refractivity contribution >= 4 is 15.7 Å². The number of rotatable bonds is 10. The van der Waals surface area contributed by atoms with Gasteiger partial charge in [0.2, 0.25) is 0 Å². The Morgan fingerprint density at radius 3 is 2.49 bits per heavy atom. The molecular formula is C29H37N5O2S. The molecule has 6 rings (SSSR count). The number of aromatic nitrogens is 4. The van der Waals surface area contributed by atoms with Crippen LogP contribution in [0.1, 0.15) is 57.3 Å². The van der Waals surface area contributed by atoms with Gasteiger partial charge in [-0.1, -0.05) is 67.1 Å². The number of tetrazole rings is 1. The van der Waals surface area contributed by atoms with Crippen LogP contribution in [-0.2, 0) is 16.4 Å². The van der Waals surface area contributed by atoms with Gasteiger partial charge in [0.15, 0.2) is 5.82 Å². The van der Waals surface area contributed by atoms with Gasteiger partial charge >= 0.3 is 0 Å². The van der Waals surface area contributed by atoms with Crippen molar-refractivity contribution in [3.8, 4) is 0 Å². The number of aryl methyl sites for hydroxylation is 2. The number of H-pyrrole nitrogens is 1. The molecule has 0 spiro atoms. The van der Waals surface area contributed by atoms with Crippen molar-refractivity contribution in [1.82, 2.24) is 20.6 Å². The molecule has 4 atom stereocenters. The third-order valence-corrected chi connectivity index (χ3v) is 10.5. The van der Waals surface area contributed by atoms with E-state index in [1.54, 1.807) is 28.6 Å². The minimum atomic E-state index is -3.74. The molecule has 0 radical (unpaired) electrons. The van der Waals surface area contributed by atoms with Crippen molar-refractivity contribution in [2.45, 2.75) is 70.2 Å². The Hall–Kier alpha value is -3.00. The summed E-state index contributed by atoms with van der Waals surface area (Å²) < 4.78 is 30.3. The Morgan fingerprint density at radius 2 is 1.81 bits per heavy atom. The van der Waals surface area contributed by atoms with Crippen molar-refractivity contribution in [1.29, 1.82) is 0 Å². The summed E-state index contributed by atoms with van der Waals surface area (Å²) in [6.45, 7) is 6.68. The first-order valence-electron chi connectivity index (χ1n) is 13.3. The highest BCUT2D eigenvalue weighted by molar-refractivity contribution is 7.92. The molecule has 196 valence electrons. The summed E-state index contributed by atoms with van der Waals surface area (Å²) in [7, 11) is -3.74. The molecule has 3 aliphatic carbocycles. The smallest absolute Gasteiger partial charge is 0.263 e. The van der Waals surface area contributed by atoms with E-state index in [1.165, 1.54) is 0 Å². The van der Waals surface area contributed by atoms with Gasteiger partial charge in [-0.15, -0.1) is 10.2 Å². The molecule has 0 amide bonds. The highest BCUT2D eigenvalue weighted by atomic mass is 32.2. The lowest BCUT2D eigenvalue weighted by Crippen LogP contribution is -2.64. The number of hydrogen-bond acceptors (Lipinski definition) is 5. The number of benzene rings is 2. The van der Waals surface area contributed by atoms with E-state index in [-0.39, 0.29) is 17.4 Å². The van der Waals surface area contributed by atoms with Crippen LogP contribution in [0.25, 0.3) is 0 Å². The number of allylic oxidation sites excluding steroid dienone is 2. The lowest BCUT2D eigenvalue weighted by Gasteiger charge is -2.64. The molecule has 1 aromatic heterocycles. The second-order valence-electron chi connectivity index (χ2n) is 11.2. The van der Waals surface area contributed by atoms with E-state index in [2.05, 4.69) is 46.6 Å². The van der Waals surface area contributed by atoms with Crippen LogP contribution >= 0.6 is 0 Å². The molecule has 2 bridgehead atoms. The van der Waals surface area contributed by atoms with Crippen molar-refractivity contribution in [3.05, 3.63) is 78.1 Å². The number of nitrogens with one attached hydrogen (secondary N) is 1. The van der Waals surface area contributed by atoms with E-state index in [4.69, 9.17) is 0 Å². The maximum atomic E-state index is 14.3. The average molecular weight is 520 g/mol. The summed E-state index contributed by atoms with van der Waals surface area (Å²) in [6.07, 6.45) is 10.2. The molecule has 37 heavy (non-hydrogen) atoms. The van der Waals surface area contributed by atoms with E-state index in [9.17, 15) is 8.42 Å². The van der Waals surface area contributed by atoms with Crippen molar-refractivity contribution in [2.75, 3.05) is 4.31 Å². The van der Waals surface area contributed by atoms with Gasteiger partial charge in [-0.05, 0) is 86.5 Å². The Bertz CT molecular complexity index is 1300. The fourth-order valence-electron chi connectivity index (χ4n) is 6.38. The molecule has 3 aromatic rings. The van der Waals surface area contributed by atoms with Crippen molar-refractivity contribution in [2.24, 2.45) is 23.2 Å². The molecule has 3 saturated carbocycles. The maximum absolute atomic E-state index is 14.3. The SMILES string of the molecule is Cc1ccc(N([C@@H]2[C@@H](CC=CCCCc3nn[nH]n3)C[C@H]3C[C@H]2C3(C)C)S(=O)(=O)c2ccccc2)cc1. The lowest BCUT2D eigenvalue weighted by atomic mass is 9.44. The fraction of sp³-hybridized carbons (Fsp3) is 0.483. The van der Waals surface area contributed by atoms with Gasteiger partial charge in [-0.2, -0.15) is 5.21 Å². The molecular weight excluding hydrogens is 482 g/mol. The maximum Gasteiger partial charge on any atom is 0.264 e. The topological polar surface area (TPSA) is 91.8 Å². The van der Waals surface area contributed by atoms with E-state index < -0.39 is 10.0 Å². The summed E-state index contributed by atoms with van der Waals surface area (Å²) in [6, 6.07) is 16.8. The van der Waals surface area contributed by atoms with E-state index in [0.717, 1.165) is 55.6 Å². The number of anilines is 1. The van der Waals surface area contributed by atoms with Crippen LogP contribution in [0.5, 0.6) is 0 Å². The van der Waals surface area contributed by atoms with Crippen LogP contribution in [0.2, 0.25) is 0 Å². The summed E-state index contributed by atoms with van der Waals surface area (Å²) >= 11 is 0. The first-order valence-corrected chi connectivity index (χ1v) is 14.8. The van der Waals surface area contributed by atoms with E-state index in [1.807, 2.05) is 37.3 Å². The summed E-state index contributed by atoms with van der Waals surface area (Å²) in [5.41, 5.74) is 2.01. The molecule has 3 fully saturated rings. The molecule has 2 aromatic carbocycles. The number of nitrogens with zero attached hydrogens (tertiary/aromatic N) is 4. The van der Waals surface area contributed by atoms with Gasteiger partial charge in [-0.25, -0.2) is 8.42 Å². The molecule has 3 aliphatic rings. The molecule has 7 nitrogen and oxygen atoms in total. The van der Waals surface area contributed by atoms with Gasteiger partial charge in [0.25, 0.3) is 10.0 Å². The van der Waals surface area contributed by atoms with Gasteiger partial charge < -0.3 is 0 Å². The number of hydrogen-bond donors (Lipinski definition) is 1.